The largest absolute Gasteiger partial charge is 0.301 e. The van der Waals surface area contributed by atoms with Gasteiger partial charge in [-0.25, -0.2) is 0 Å². The summed E-state index contributed by atoms with van der Waals surface area (Å²) in [6.07, 6.45) is 10.0. The summed E-state index contributed by atoms with van der Waals surface area (Å²) in [4.78, 5) is 5.15. The van der Waals surface area contributed by atoms with Crippen LogP contribution in [0.5, 0.6) is 0 Å². The molecule has 0 radical (unpaired) electrons. The second kappa shape index (κ2) is 9.77. The minimum Gasteiger partial charge on any atom is -0.301 e. The SMILES string of the molecule is CC(C)N1CCCCC1.CC(C)N1CCCCCC1. The molecule has 0 amide bonds. The highest BCUT2D eigenvalue weighted by molar-refractivity contribution is 4.67. The average molecular weight is 268 g/mol. The standard InChI is InChI=1S/C9H19N.C8H17N/c1-9(2)10-7-5-3-4-6-8-10;1-8(2)9-6-4-3-5-7-9/h9H,3-8H2,1-2H3;8H,3-7H2,1-2H3. The third-order valence-electron chi connectivity index (χ3n) is 4.49. The molecule has 0 saturated carbocycles. The van der Waals surface area contributed by atoms with E-state index in [9.17, 15) is 0 Å². The lowest BCUT2D eigenvalue weighted by atomic mass is 10.1. The second-order valence-corrected chi connectivity index (χ2v) is 6.73. The Morgan fingerprint density at radius 2 is 0.737 bits per heavy atom. The Balaban J connectivity index is 0.000000191. The molecule has 0 unspecified atom stereocenters. The van der Waals surface area contributed by atoms with Crippen molar-refractivity contribution in [1.29, 1.82) is 0 Å². The van der Waals surface area contributed by atoms with Crippen molar-refractivity contribution >= 4 is 0 Å². The molecule has 2 fully saturated rings. The predicted molar refractivity (Wildman–Crippen MR) is 85.7 cm³/mol. The van der Waals surface area contributed by atoms with Crippen LogP contribution < -0.4 is 0 Å². The second-order valence-electron chi connectivity index (χ2n) is 6.73. The molecule has 2 saturated heterocycles. The molecule has 0 aromatic carbocycles. The average Bonchev–Trinajstić information content (AvgIpc) is 2.69. The molecule has 0 spiro atoms. The monoisotopic (exact) mass is 268 g/mol. The Morgan fingerprint density at radius 1 is 0.474 bits per heavy atom. The van der Waals surface area contributed by atoms with Crippen LogP contribution in [0.4, 0.5) is 0 Å². The first-order chi connectivity index (χ1) is 9.11. The molecule has 0 aliphatic carbocycles. The lowest BCUT2D eigenvalue weighted by Gasteiger charge is -2.29. The van der Waals surface area contributed by atoms with Crippen LogP contribution >= 0.6 is 0 Å². The van der Waals surface area contributed by atoms with Gasteiger partial charge in [-0.15, -0.1) is 0 Å². The summed E-state index contributed by atoms with van der Waals surface area (Å²) in [6, 6.07) is 1.53. The summed E-state index contributed by atoms with van der Waals surface area (Å²) in [5, 5.41) is 0. The van der Waals surface area contributed by atoms with Crippen molar-refractivity contribution in [1.82, 2.24) is 9.80 Å². The van der Waals surface area contributed by atoms with Gasteiger partial charge in [0.15, 0.2) is 0 Å². The summed E-state index contributed by atoms with van der Waals surface area (Å²) in [7, 11) is 0. The number of hydrogen-bond acceptors (Lipinski definition) is 2. The van der Waals surface area contributed by atoms with Crippen LogP contribution in [0, 0.1) is 0 Å². The topological polar surface area (TPSA) is 6.48 Å². The molecule has 0 bridgehead atoms. The van der Waals surface area contributed by atoms with E-state index in [4.69, 9.17) is 0 Å². The zero-order valence-electron chi connectivity index (χ0n) is 13.8. The van der Waals surface area contributed by atoms with Gasteiger partial charge in [0.25, 0.3) is 0 Å². The Morgan fingerprint density at radius 3 is 1.00 bits per heavy atom. The molecule has 0 N–H and O–H groups in total. The first-order valence-electron chi connectivity index (χ1n) is 8.59. The van der Waals surface area contributed by atoms with Crippen molar-refractivity contribution in [3.8, 4) is 0 Å². The van der Waals surface area contributed by atoms with Gasteiger partial charge < -0.3 is 9.80 Å². The normalized spacial score (nSPS) is 23.1. The molecular formula is C17H36N2. The summed E-state index contributed by atoms with van der Waals surface area (Å²) >= 11 is 0. The van der Waals surface area contributed by atoms with Gasteiger partial charge in [-0.05, 0) is 79.6 Å². The highest BCUT2D eigenvalue weighted by Gasteiger charge is 2.12. The van der Waals surface area contributed by atoms with E-state index in [1.54, 1.807) is 0 Å². The molecule has 0 aromatic rings. The number of piperidine rings is 1. The van der Waals surface area contributed by atoms with Crippen LogP contribution in [0.1, 0.15) is 72.6 Å². The van der Waals surface area contributed by atoms with Crippen molar-refractivity contribution in [3.05, 3.63) is 0 Å². The van der Waals surface area contributed by atoms with Crippen LogP contribution in [-0.2, 0) is 0 Å². The van der Waals surface area contributed by atoms with E-state index < -0.39 is 0 Å². The number of likely N-dealkylation sites (tertiary alicyclic amines) is 2. The Kier molecular flexibility index (Phi) is 8.72. The third-order valence-corrected chi connectivity index (χ3v) is 4.49. The van der Waals surface area contributed by atoms with E-state index in [0.717, 1.165) is 12.1 Å². The van der Waals surface area contributed by atoms with Crippen LogP contribution in [0.25, 0.3) is 0 Å². The fourth-order valence-corrected chi connectivity index (χ4v) is 3.05. The van der Waals surface area contributed by atoms with E-state index in [0.29, 0.717) is 0 Å². The molecule has 2 nitrogen and oxygen atoms in total. The zero-order chi connectivity index (χ0) is 14.1. The molecule has 2 rings (SSSR count). The van der Waals surface area contributed by atoms with Gasteiger partial charge >= 0.3 is 0 Å². The lowest BCUT2D eigenvalue weighted by Crippen LogP contribution is -2.35. The lowest BCUT2D eigenvalue weighted by molar-refractivity contribution is 0.185. The minimum atomic E-state index is 0.762. The summed E-state index contributed by atoms with van der Waals surface area (Å²) in [5.74, 6) is 0. The Hall–Kier alpha value is -0.0800. The molecule has 2 heterocycles. The van der Waals surface area contributed by atoms with Gasteiger partial charge in [-0.2, -0.15) is 0 Å². The van der Waals surface area contributed by atoms with E-state index >= 15 is 0 Å². The zero-order valence-corrected chi connectivity index (χ0v) is 13.8. The molecule has 2 heteroatoms. The molecule has 2 aliphatic rings. The van der Waals surface area contributed by atoms with E-state index in [1.165, 1.54) is 71.1 Å². The third kappa shape index (κ3) is 7.31. The maximum absolute atomic E-state index is 2.59. The molecule has 0 atom stereocenters. The van der Waals surface area contributed by atoms with E-state index in [1.807, 2.05) is 0 Å². The maximum Gasteiger partial charge on any atom is 0.00385 e. The number of nitrogens with zero attached hydrogens (tertiary/aromatic N) is 2. The fraction of sp³-hybridized carbons (Fsp3) is 1.00. The molecule has 2 aliphatic heterocycles. The highest BCUT2D eigenvalue weighted by Crippen LogP contribution is 2.12. The first-order valence-corrected chi connectivity index (χ1v) is 8.59. The Bertz CT molecular complexity index is 199. The van der Waals surface area contributed by atoms with Crippen molar-refractivity contribution in [2.75, 3.05) is 26.2 Å². The Labute approximate surface area is 121 Å². The van der Waals surface area contributed by atoms with Crippen LogP contribution in [0.3, 0.4) is 0 Å². The molecular weight excluding hydrogens is 232 g/mol. The molecule has 0 aromatic heterocycles. The fourth-order valence-electron chi connectivity index (χ4n) is 3.05. The first kappa shape index (κ1) is 17.0. The van der Waals surface area contributed by atoms with Crippen molar-refractivity contribution in [2.45, 2.75) is 84.7 Å². The summed E-state index contributed by atoms with van der Waals surface area (Å²) in [5.41, 5.74) is 0. The van der Waals surface area contributed by atoms with Crippen molar-refractivity contribution in [3.63, 3.8) is 0 Å². The highest BCUT2D eigenvalue weighted by atomic mass is 15.1. The maximum atomic E-state index is 2.59. The van der Waals surface area contributed by atoms with Gasteiger partial charge in [-0.3, -0.25) is 0 Å². The van der Waals surface area contributed by atoms with Crippen LogP contribution in [-0.4, -0.2) is 48.1 Å². The number of rotatable bonds is 2. The van der Waals surface area contributed by atoms with Crippen LogP contribution in [0.15, 0.2) is 0 Å². The molecule has 114 valence electrons. The van der Waals surface area contributed by atoms with Gasteiger partial charge in [0.1, 0.15) is 0 Å². The quantitative estimate of drug-likeness (QED) is 0.742. The van der Waals surface area contributed by atoms with Gasteiger partial charge in [-0.1, -0.05) is 19.3 Å². The number of hydrogen-bond donors (Lipinski definition) is 0. The summed E-state index contributed by atoms with van der Waals surface area (Å²) in [6.45, 7) is 14.5. The van der Waals surface area contributed by atoms with Crippen molar-refractivity contribution in [2.24, 2.45) is 0 Å². The van der Waals surface area contributed by atoms with E-state index in [-0.39, 0.29) is 0 Å². The van der Waals surface area contributed by atoms with Crippen molar-refractivity contribution < 1.29 is 0 Å². The predicted octanol–water partition coefficient (Wildman–Crippen LogP) is 4.15. The molecule has 19 heavy (non-hydrogen) atoms. The van der Waals surface area contributed by atoms with E-state index in [2.05, 4.69) is 37.5 Å². The smallest absolute Gasteiger partial charge is 0.00385 e. The van der Waals surface area contributed by atoms with Gasteiger partial charge in [0, 0.05) is 12.1 Å². The summed E-state index contributed by atoms with van der Waals surface area (Å²) < 4.78 is 0. The minimum absolute atomic E-state index is 0.762. The van der Waals surface area contributed by atoms with Gasteiger partial charge in [0.2, 0.25) is 0 Å². The van der Waals surface area contributed by atoms with Gasteiger partial charge in [0.05, 0.1) is 0 Å². The van der Waals surface area contributed by atoms with Crippen LogP contribution in [0.2, 0.25) is 0 Å².